The van der Waals surface area contributed by atoms with Crippen molar-refractivity contribution in [3.05, 3.63) is 54.1 Å². The maximum Gasteiger partial charge on any atom is 0.306 e. The number of ketones is 1. The van der Waals surface area contributed by atoms with Crippen molar-refractivity contribution in [3.63, 3.8) is 0 Å². The first-order chi connectivity index (χ1) is 13.9. The quantitative estimate of drug-likeness (QED) is 0.496. The number of methoxy groups -OCH3 is 1. The van der Waals surface area contributed by atoms with Gasteiger partial charge in [0.05, 0.1) is 19.2 Å². The highest BCUT2D eigenvalue weighted by molar-refractivity contribution is 5.96. The molecule has 29 heavy (non-hydrogen) atoms. The van der Waals surface area contributed by atoms with Crippen LogP contribution >= 0.6 is 0 Å². The maximum absolute atomic E-state index is 11.9. The molecule has 0 heterocycles. The second kappa shape index (κ2) is 10.6. The van der Waals surface area contributed by atoms with Gasteiger partial charge in [-0.15, -0.1) is 0 Å². The Morgan fingerprint density at radius 2 is 1.55 bits per heavy atom. The number of ether oxygens (including phenoxy) is 2. The maximum atomic E-state index is 11.9. The van der Waals surface area contributed by atoms with Crippen LogP contribution in [0.4, 0.5) is 11.4 Å². The van der Waals surface area contributed by atoms with Crippen LogP contribution in [-0.4, -0.2) is 37.3 Å². The lowest BCUT2D eigenvalue weighted by Gasteiger charge is -2.10. The topological polar surface area (TPSA) is 111 Å². The molecule has 2 aromatic rings. The van der Waals surface area contributed by atoms with Crippen molar-refractivity contribution in [2.24, 2.45) is 0 Å². The first kappa shape index (κ1) is 21.6. The molecule has 2 rings (SSSR count). The highest BCUT2D eigenvalue weighted by atomic mass is 16.5. The molecule has 0 fully saturated rings. The van der Waals surface area contributed by atoms with Crippen LogP contribution in [0, 0.1) is 0 Å². The SMILES string of the molecule is COc1ccccc1NC(=O)COC(=O)CCC(=O)Nc1ccc(C(C)=O)cc1. The number of rotatable bonds is 9. The fourth-order valence-corrected chi connectivity index (χ4v) is 2.38. The van der Waals surface area contributed by atoms with E-state index in [0.717, 1.165) is 0 Å². The molecular weight excluding hydrogens is 376 g/mol. The zero-order valence-corrected chi connectivity index (χ0v) is 16.2. The highest BCUT2D eigenvalue weighted by Crippen LogP contribution is 2.22. The lowest BCUT2D eigenvalue weighted by molar-refractivity contribution is -0.147. The van der Waals surface area contributed by atoms with Gasteiger partial charge >= 0.3 is 5.97 Å². The summed E-state index contributed by atoms with van der Waals surface area (Å²) >= 11 is 0. The molecule has 8 nitrogen and oxygen atoms in total. The molecule has 8 heteroatoms. The Balaban J connectivity index is 1.71. The van der Waals surface area contributed by atoms with E-state index in [1.807, 2.05) is 0 Å². The lowest BCUT2D eigenvalue weighted by Crippen LogP contribution is -2.22. The van der Waals surface area contributed by atoms with Crippen molar-refractivity contribution < 1.29 is 28.7 Å². The van der Waals surface area contributed by atoms with E-state index >= 15 is 0 Å². The van der Waals surface area contributed by atoms with Gasteiger partial charge in [0.15, 0.2) is 12.4 Å². The Morgan fingerprint density at radius 1 is 0.862 bits per heavy atom. The van der Waals surface area contributed by atoms with Crippen LogP contribution in [0.1, 0.15) is 30.1 Å². The van der Waals surface area contributed by atoms with E-state index in [0.29, 0.717) is 22.7 Å². The number of carbonyl (C=O) groups excluding carboxylic acids is 4. The Kier molecular flexibility index (Phi) is 7.90. The number of Topliss-reactive ketones (excluding diaryl/α,β-unsaturated/α-hetero) is 1. The van der Waals surface area contributed by atoms with Crippen molar-refractivity contribution >= 4 is 34.9 Å². The van der Waals surface area contributed by atoms with Gasteiger partial charge in [0, 0.05) is 17.7 Å². The second-order valence-electron chi connectivity index (χ2n) is 6.09. The number of para-hydroxylation sites is 2. The third-order valence-electron chi connectivity index (χ3n) is 3.88. The number of amides is 2. The zero-order valence-electron chi connectivity index (χ0n) is 16.2. The molecule has 0 unspecified atom stereocenters. The Morgan fingerprint density at radius 3 is 2.21 bits per heavy atom. The Labute approximate surface area is 168 Å². The zero-order chi connectivity index (χ0) is 21.2. The fraction of sp³-hybridized carbons (Fsp3) is 0.238. The number of anilines is 2. The monoisotopic (exact) mass is 398 g/mol. The highest BCUT2D eigenvalue weighted by Gasteiger charge is 2.12. The van der Waals surface area contributed by atoms with Gasteiger partial charge in [-0.3, -0.25) is 19.2 Å². The molecule has 0 aliphatic rings. The molecule has 0 aliphatic carbocycles. The van der Waals surface area contributed by atoms with Crippen LogP contribution < -0.4 is 15.4 Å². The molecule has 0 radical (unpaired) electrons. The minimum atomic E-state index is -0.665. The van der Waals surface area contributed by atoms with Gasteiger partial charge in [-0.05, 0) is 43.3 Å². The molecule has 2 aromatic carbocycles. The third-order valence-corrected chi connectivity index (χ3v) is 3.88. The van der Waals surface area contributed by atoms with Gasteiger partial charge in [0.2, 0.25) is 5.91 Å². The minimum Gasteiger partial charge on any atom is -0.495 e. The standard InChI is InChI=1S/C21H22N2O6/c1-14(24)15-7-9-16(10-8-15)22-19(25)11-12-21(27)29-13-20(26)23-17-5-3-4-6-18(17)28-2/h3-10H,11-13H2,1-2H3,(H,22,25)(H,23,26). The lowest BCUT2D eigenvalue weighted by atomic mass is 10.1. The van der Waals surface area contributed by atoms with Crippen molar-refractivity contribution in [2.45, 2.75) is 19.8 Å². The van der Waals surface area contributed by atoms with E-state index in [1.54, 1.807) is 48.5 Å². The number of nitrogens with one attached hydrogen (secondary N) is 2. The van der Waals surface area contributed by atoms with Crippen LogP contribution in [0.25, 0.3) is 0 Å². The predicted molar refractivity (Wildman–Crippen MR) is 107 cm³/mol. The smallest absolute Gasteiger partial charge is 0.306 e. The number of hydrogen-bond acceptors (Lipinski definition) is 6. The summed E-state index contributed by atoms with van der Waals surface area (Å²) in [6.45, 7) is 0.987. The molecule has 2 N–H and O–H groups in total. The van der Waals surface area contributed by atoms with Gasteiger partial charge in [-0.2, -0.15) is 0 Å². The normalized spacial score (nSPS) is 10.0. The Hall–Kier alpha value is -3.68. The molecule has 0 spiro atoms. The predicted octanol–water partition coefficient (Wildman–Crippen LogP) is 2.80. The first-order valence-corrected chi connectivity index (χ1v) is 8.88. The fourth-order valence-electron chi connectivity index (χ4n) is 2.38. The number of benzene rings is 2. The summed E-state index contributed by atoms with van der Waals surface area (Å²) in [4.78, 5) is 46.8. The average Bonchev–Trinajstić information content (AvgIpc) is 2.71. The molecular formula is C21H22N2O6. The second-order valence-corrected chi connectivity index (χ2v) is 6.09. The molecule has 0 bridgehead atoms. The number of carbonyl (C=O) groups is 4. The number of esters is 1. The summed E-state index contributed by atoms with van der Waals surface area (Å²) < 4.78 is 10.0. The van der Waals surface area contributed by atoms with E-state index in [-0.39, 0.29) is 24.5 Å². The van der Waals surface area contributed by atoms with E-state index in [4.69, 9.17) is 9.47 Å². The van der Waals surface area contributed by atoms with Crippen LogP contribution in [-0.2, 0) is 19.1 Å². The summed E-state index contributed by atoms with van der Waals surface area (Å²) in [7, 11) is 1.48. The van der Waals surface area contributed by atoms with Crippen molar-refractivity contribution in [1.82, 2.24) is 0 Å². The first-order valence-electron chi connectivity index (χ1n) is 8.88. The van der Waals surface area contributed by atoms with Crippen molar-refractivity contribution in [2.75, 3.05) is 24.4 Å². The van der Waals surface area contributed by atoms with E-state index < -0.39 is 18.5 Å². The summed E-state index contributed by atoms with van der Waals surface area (Å²) in [5, 5.41) is 5.20. The molecule has 0 aliphatic heterocycles. The third kappa shape index (κ3) is 7.10. The number of hydrogen-bond donors (Lipinski definition) is 2. The van der Waals surface area contributed by atoms with Crippen molar-refractivity contribution in [3.8, 4) is 5.75 Å². The summed E-state index contributed by atoms with van der Waals surface area (Å²) in [6.07, 6.45) is -0.263. The van der Waals surface area contributed by atoms with Gasteiger partial charge in [0.1, 0.15) is 5.75 Å². The van der Waals surface area contributed by atoms with E-state index in [9.17, 15) is 19.2 Å². The van der Waals surface area contributed by atoms with Gasteiger partial charge < -0.3 is 20.1 Å². The molecule has 2 amide bonds. The molecule has 0 saturated heterocycles. The summed E-state index contributed by atoms with van der Waals surface area (Å²) in [5.41, 5.74) is 1.52. The van der Waals surface area contributed by atoms with E-state index in [1.165, 1.54) is 14.0 Å². The van der Waals surface area contributed by atoms with Crippen LogP contribution in [0.15, 0.2) is 48.5 Å². The average molecular weight is 398 g/mol. The van der Waals surface area contributed by atoms with Gasteiger partial charge in [-0.1, -0.05) is 12.1 Å². The largest absolute Gasteiger partial charge is 0.495 e. The Bertz CT molecular complexity index is 892. The summed E-state index contributed by atoms with van der Waals surface area (Å²) in [5.74, 6) is -1.14. The minimum absolute atomic E-state index is 0.0691. The molecule has 0 saturated carbocycles. The molecule has 0 aromatic heterocycles. The van der Waals surface area contributed by atoms with Crippen LogP contribution in [0.3, 0.4) is 0 Å². The molecule has 152 valence electrons. The molecule has 0 atom stereocenters. The summed E-state index contributed by atoms with van der Waals surface area (Å²) in [6, 6.07) is 13.3. The van der Waals surface area contributed by atoms with Crippen LogP contribution in [0.2, 0.25) is 0 Å². The van der Waals surface area contributed by atoms with Crippen LogP contribution in [0.5, 0.6) is 5.75 Å². The van der Waals surface area contributed by atoms with E-state index in [2.05, 4.69) is 10.6 Å². The van der Waals surface area contributed by atoms with Gasteiger partial charge in [-0.25, -0.2) is 0 Å². The van der Waals surface area contributed by atoms with Gasteiger partial charge in [0.25, 0.3) is 5.91 Å². The van der Waals surface area contributed by atoms with Crippen molar-refractivity contribution in [1.29, 1.82) is 0 Å².